The van der Waals surface area contributed by atoms with Crippen molar-refractivity contribution >= 4 is 11.8 Å². The molecule has 0 aromatic heterocycles. The minimum atomic E-state index is -4.81. The molecule has 2 aromatic carbocycles. The van der Waals surface area contributed by atoms with Crippen LogP contribution in [0.5, 0.6) is 17.2 Å². The summed E-state index contributed by atoms with van der Waals surface area (Å²) in [6.45, 7) is -0.296. The number of ether oxygens (including phenoxy) is 3. The molecule has 3 rings (SSSR count). The van der Waals surface area contributed by atoms with Gasteiger partial charge < -0.3 is 30.0 Å². The van der Waals surface area contributed by atoms with Crippen molar-refractivity contribution in [3.8, 4) is 17.2 Å². The van der Waals surface area contributed by atoms with Crippen LogP contribution in [0.15, 0.2) is 42.5 Å². The van der Waals surface area contributed by atoms with Crippen molar-refractivity contribution in [1.29, 1.82) is 0 Å². The predicted molar refractivity (Wildman–Crippen MR) is 115 cm³/mol. The largest absolute Gasteiger partial charge is 0.573 e. The zero-order valence-electron chi connectivity index (χ0n) is 18.5. The molecule has 0 bridgehead atoms. The van der Waals surface area contributed by atoms with Gasteiger partial charge in [0.25, 0.3) is 5.91 Å². The van der Waals surface area contributed by atoms with Crippen LogP contribution in [-0.4, -0.2) is 66.8 Å². The maximum absolute atomic E-state index is 14.9. The molecule has 0 unspecified atom stereocenters. The van der Waals surface area contributed by atoms with Crippen LogP contribution in [-0.2, 0) is 11.2 Å². The molecule has 0 aliphatic carbocycles. The van der Waals surface area contributed by atoms with Gasteiger partial charge in [0.05, 0.1) is 25.1 Å². The number of nitrogens with zero attached hydrogens (tertiary/aromatic N) is 1. The van der Waals surface area contributed by atoms with E-state index >= 15 is 0 Å². The fraction of sp³-hybridized carbons (Fsp3) is 0.391. The molecule has 2 aromatic rings. The Labute approximate surface area is 198 Å². The molecule has 8 nitrogen and oxygen atoms in total. The summed E-state index contributed by atoms with van der Waals surface area (Å²) in [5.41, 5.74) is 5.85. The zero-order chi connectivity index (χ0) is 25.6. The number of aliphatic hydroxyl groups excluding tert-OH is 1. The van der Waals surface area contributed by atoms with Crippen LogP contribution in [0.4, 0.5) is 17.6 Å². The number of halogens is 4. The molecule has 0 spiro atoms. The topological polar surface area (TPSA) is 111 Å². The first-order valence-corrected chi connectivity index (χ1v) is 10.7. The number of carbonyl (C=O) groups excluding carboxylic acids is 2. The van der Waals surface area contributed by atoms with Gasteiger partial charge in [-0.3, -0.25) is 9.59 Å². The monoisotopic (exact) mass is 500 g/mol. The lowest BCUT2D eigenvalue weighted by Crippen LogP contribution is -2.49. The molecular weight excluding hydrogens is 476 g/mol. The van der Waals surface area contributed by atoms with Gasteiger partial charge in [0.15, 0.2) is 6.17 Å². The number of carbonyl (C=O) groups is 2. The molecule has 1 heterocycles. The minimum absolute atomic E-state index is 0.0136. The smallest absolute Gasteiger partial charge is 0.491 e. The summed E-state index contributed by atoms with van der Waals surface area (Å²) < 4.78 is 66.5. The number of amides is 2. The average molecular weight is 500 g/mol. The lowest BCUT2D eigenvalue weighted by atomic mass is 10.0. The summed E-state index contributed by atoms with van der Waals surface area (Å²) in [5, 5.41) is 8.89. The number of hydrogen-bond donors (Lipinski definition) is 2. The van der Waals surface area contributed by atoms with E-state index in [0.717, 1.165) is 12.1 Å². The number of hydrogen-bond acceptors (Lipinski definition) is 6. The molecule has 2 atom stereocenters. The van der Waals surface area contributed by atoms with E-state index in [-0.39, 0.29) is 50.5 Å². The minimum Gasteiger partial charge on any atom is -0.491 e. The van der Waals surface area contributed by atoms with Crippen LogP contribution in [0, 0.1) is 0 Å². The Morgan fingerprint density at radius 2 is 1.80 bits per heavy atom. The molecule has 1 aliphatic heterocycles. The molecule has 12 heteroatoms. The van der Waals surface area contributed by atoms with Gasteiger partial charge in [0.1, 0.15) is 30.0 Å². The number of benzene rings is 2. The first kappa shape index (κ1) is 26.1. The second-order valence-corrected chi connectivity index (χ2v) is 7.76. The molecule has 0 saturated carbocycles. The lowest BCUT2D eigenvalue weighted by Gasteiger charge is -2.35. The molecule has 3 N–H and O–H groups in total. The summed E-state index contributed by atoms with van der Waals surface area (Å²) in [4.78, 5) is 25.6. The zero-order valence-corrected chi connectivity index (χ0v) is 18.5. The Bertz CT molecular complexity index is 1030. The van der Waals surface area contributed by atoms with Gasteiger partial charge in [-0.2, -0.15) is 0 Å². The van der Waals surface area contributed by atoms with E-state index in [1.165, 1.54) is 35.2 Å². The van der Waals surface area contributed by atoms with Crippen molar-refractivity contribution in [2.75, 3.05) is 26.3 Å². The predicted octanol–water partition coefficient (Wildman–Crippen LogP) is 2.62. The third-order valence-electron chi connectivity index (χ3n) is 5.20. The Kier molecular flexibility index (Phi) is 8.39. The Balaban J connectivity index is 1.59. The van der Waals surface area contributed by atoms with Crippen molar-refractivity contribution in [2.24, 2.45) is 5.73 Å². The van der Waals surface area contributed by atoms with Crippen LogP contribution in [0.3, 0.4) is 0 Å². The summed E-state index contributed by atoms with van der Waals surface area (Å²) in [6.07, 6.45) is -7.33. The van der Waals surface area contributed by atoms with Crippen LogP contribution in [0.1, 0.15) is 22.3 Å². The third-order valence-corrected chi connectivity index (χ3v) is 5.20. The van der Waals surface area contributed by atoms with Crippen molar-refractivity contribution in [3.63, 3.8) is 0 Å². The first-order chi connectivity index (χ1) is 16.6. The fourth-order valence-electron chi connectivity index (χ4n) is 3.56. The number of piperidine rings is 1. The van der Waals surface area contributed by atoms with E-state index in [0.29, 0.717) is 11.3 Å². The van der Waals surface area contributed by atoms with Gasteiger partial charge in [-0.15, -0.1) is 13.2 Å². The molecule has 1 saturated heterocycles. The Morgan fingerprint density at radius 1 is 1.11 bits per heavy atom. The Hall–Kier alpha value is -3.54. The third kappa shape index (κ3) is 7.47. The SMILES string of the molecule is NC(=O)c1ccc(OCCO)cc1O[C@@H]1CCN(C(=O)Cc2ccc(OC(F)(F)F)cc2)C[C@H]1F. The number of rotatable bonds is 9. The van der Waals surface area contributed by atoms with Crippen molar-refractivity contribution in [1.82, 2.24) is 4.90 Å². The second-order valence-electron chi connectivity index (χ2n) is 7.76. The van der Waals surface area contributed by atoms with E-state index in [2.05, 4.69) is 4.74 Å². The molecule has 1 aliphatic rings. The number of primary amides is 1. The summed E-state index contributed by atoms with van der Waals surface area (Å²) in [5.74, 6) is -1.25. The quantitative estimate of drug-likeness (QED) is 0.512. The van der Waals surface area contributed by atoms with E-state index < -0.39 is 36.2 Å². The molecule has 2 amide bonds. The highest BCUT2D eigenvalue weighted by Gasteiger charge is 2.34. The van der Waals surface area contributed by atoms with Gasteiger partial charge in [0, 0.05) is 19.0 Å². The summed E-state index contributed by atoms with van der Waals surface area (Å²) >= 11 is 0. The highest BCUT2D eigenvalue weighted by atomic mass is 19.4. The summed E-state index contributed by atoms with van der Waals surface area (Å²) in [7, 11) is 0. The highest BCUT2D eigenvalue weighted by molar-refractivity contribution is 5.95. The number of alkyl halides is 4. The van der Waals surface area contributed by atoms with Crippen molar-refractivity contribution in [3.05, 3.63) is 53.6 Å². The normalized spacial score (nSPS) is 18.1. The lowest BCUT2D eigenvalue weighted by molar-refractivity contribution is -0.274. The van der Waals surface area contributed by atoms with E-state index in [4.69, 9.17) is 20.3 Å². The second kappa shape index (κ2) is 11.3. The van der Waals surface area contributed by atoms with Crippen LogP contribution in [0.2, 0.25) is 0 Å². The van der Waals surface area contributed by atoms with Crippen LogP contribution in [0.25, 0.3) is 0 Å². The van der Waals surface area contributed by atoms with Gasteiger partial charge in [0.2, 0.25) is 5.91 Å². The standard InChI is InChI=1S/C23H24F4N2O6/c24-18-13-29(21(31)11-14-1-3-15(4-2-14)35-23(25,26)27)8-7-19(18)34-20-12-16(33-10-9-30)5-6-17(20)22(28)32/h1-6,12,18-19,30H,7-11,13H2,(H2,28,32)/t18-,19-/m1/s1. The highest BCUT2D eigenvalue weighted by Crippen LogP contribution is 2.29. The van der Waals surface area contributed by atoms with Gasteiger partial charge in [-0.25, -0.2) is 4.39 Å². The number of aliphatic hydroxyl groups is 1. The molecule has 190 valence electrons. The van der Waals surface area contributed by atoms with Crippen LogP contribution < -0.4 is 19.9 Å². The average Bonchev–Trinajstić information content (AvgIpc) is 2.79. The molecular formula is C23H24F4N2O6. The first-order valence-electron chi connectivity index (χ1n) is 10.7. The number of likely N-dealkylation sites (tertiary alicyclic amines) is 1. The fourth-order valence-corrected chi connectivity index (χ4v) is 3.56. The molecule has 1 fully saturated rings. The van der Waals surface area contributed by atoms with Gasteiger partial charge >= 0.3 is 6.36 Å². The number of nitrogens with two attached hydrogens (primary N) is 1. The van der Waals surface area contributed by atoms with Crippen LogP contribution >= 0.6 is 0 Å². The molecule has 35 heavy (non-hydrogen) atoms. The van der Waals surface area contributed by atoms with Gasteiger partial charge in [-0.1, -0.05) is 12.1 Å². The van der Waals surface area contributed by atoms with Gasteiger partial charge in [-0.05, 0) is 29.8 Å². The maximum Gasteiger partial charge on any atom is 0.573 e. The van der Waals surface area contributed by atoms with Crippen molar-refractivity contribution in [2.45, 2.75) is 31.5 Å². The molecule has 0 radical (unpaired) electrons. The maximum atomic E-state index is 14.9. The van der Waals surface area contributed by atoms with E-state index in [1.807, 2.05) is 0 Å². The van der Waals surface area contributed by atoms with E-state index in [1.54, 1.807) is 0 Å². The van der Waals surface area contributed by atoms with Crippen molar-refractivity contribution < 1.29 is 46.5 Å². The Morgan fingerprint density at radius 3 is 2.40 bits per heavy atom. The van der Waals surface area contributed by atoms with E-state index in [9.17, 15) is 27.2 Å². The summed E-state index contributed by atoms with van der Waals surface area (Å²) in [6, 6.07) is 9.09.